The lowest BCUT2D eigenvalue weighted by Gasteiger charge is -2.09. The van der Waals surface area contributed by atoms with Crippen molar-refractivity contribution in [2.24, 2.45) is 7.05 Å². The highest BCUT2D eigenvalue weighted by atomic mass is 16.5. The Morgan fingerprint density at radius 1 is 1.69 bits per heavy atom. The van der Waals surface area contributed by atoms with Gasteiger partial charge in [-0.05, 0) is 13.3 Å². The zero-order chi connectivity index (χ0) is 9.84. The molecule has 0 amide bonds. The van der Waals surface area contributed by atoms with Crippen molar-refractivity contribution in [3.8, 4) is 0 Å². The van der Waals surface area contributed by atoms with Crippen molar-refractivity contribution in [1.82, 2.24) is 9.78 Å². The summed E-state index contributed by atoms with van der Waals surface area (Å²) in [5.41, 5.74) is 6.54. The third-order valence-corrected chi connectivity index (χ3v) is 2.09. The molecule has 1 aromatic heterocycles. The van der Waals surface area contributed by atoms with E-state index >= 15 is 0 Å². The van der Waals surface area contributed by atoms with Crippen LogP contribution in [0.1, 0.15) is 26.0 Å². The van der Waals surface area contributed by atoms with Crippen LogP contribution in [-0.2, 0) is 18.4 Å². The summed E-state index contributed by atoms with van der Waals surface area (Å²) in [5, 5.41) is 4.03. The molecule has 13 heavy (non-hydrogen) atoms. The Labute approximate surface area is 78.7 Å². The molecule has 1 atom stereocenters. The first kappa shape index (κ1) is 10.1. The first-order valence-corrected chi connectivity index (χ1v) is 4.53. The average Bonchev–Trinajstić information content (AvgIpc) is 2.41. The molecule has 0 radical (unpaired) electrons. The van der Waals surface area contributed by atoms with Crippen molar-refractivity contribution >= 4 is 5.82 Å². The minimum atomic E-state index is 0.288. The van der Waals surface area contributed by atoms with E-state index in [0.717, 1.165) is 12.1 Å². The SMILES string of the molecule is CC[C@@H](C)OCc1cc(N)nn1C. The zero-order valence-electron chi connectivity index (χ0n) is 8.45. The molecule has 0 aromatic carbocycles. The van der Waals surface area contributed by atoms with Crippen molar-refractivity contribution in [3.05, 3.63) is 11.8 Å². The molecule has 0 aliphatic heterocycles. The van der Waals surface area contributed by atoms with E-state index in [2.05, 4.69) is 18.9 Å². The minimum Gasteiger partial charge on any atom is -0.382 e. The van der Waals surface area contributed by atoms with Crippen LogP contribution in [0.4, 0.5) is 5.82 Å². The number of aromatic nitrogens is 2. The van der Waals surface area contributed by atoms with Gasteiger partial charge in [-0.3, -0.25) is 4.68 Å². The van der Waals surface area contributed by atoms with Gasteiger partial charge in [0.15, 0.2) is 0 Å². The summed E-state index contributed by atoms with van der Waals surface area (Å²) in [4.78, 5) is 0. The number of ether oxygens (including phenoxy) is 1. The van der Waals surface area contributed by atoms with E-state index in [4.69, 9.17) is 10.5 Å². The third-order valence-electron chi connectivity index (χ3n) is 2.09. The number of rotatable bonds is 4. The van der Waals surface area contributed by atoms with E-state index in [-0.39, 0.29) is 6.10 Å². The Hall–Kier alpha value is -1.03. The van der Waals surface area contributed by atoms with Crippen molar-refractivity contribution in [2.45, 2.75) is 33.0 Å². The summed E-state index contributed by atoms with van der Waals surface area (Å²) in [5.74, 6) is 0.547. The molecule has 4 nitrogen and oxygen atoms in total. The Morgan fingerprint density at radius 3 is 2.85 bits per heavy atom. The lowest BCUT2D eigenvalue weighted by molar-refractivity contribution is 0.0471. The molecule has 1 rings (SSSR count). The molecule has 0 aliphatic rings. The topological polar surface area (TPSA) is 53.1 Å². The molecular formula is C9H17N3O. The fraction of sp³-hybridized carbons (Fsp3) is 0.667. The molecule has 2 N–H and O–H groups in total. The number of hydrogen-bond acceptors (Lipinski definition) is 3. The summed E-state index contributed by atoms with van der Waals surface area (Å²) in [6.45, 7) is 4.73. The molecule has 1 heterocycles. The number of nitrogen functional groups attached to an aromatic ring is 1. The standard InChI is InChI=1S/C9H17N3O/c1-4-7(2)13-6-8-5-9(10)11-12(8)3/h5,7H,4,6H2,1-3H3,(H2,10,11)/t7-/m1/s1. The maximum absolute atomic E-state index is 5.55. The zero-order valence-corrected chi connectivity index (χ0v) is 8.45. The van der Waals surface area contributed by atoms with Crippen LogP contribution in [0.3, 0.4) is 0 Å². The highest BCUT2D eigenvalue weighted by Gasteiger charge is 2.04. The van der Waals surface area contributed by atoms with Crippen molar-refractivity contribution in [2.75, 3.05) is 5.73 Å². The van der Waals surface area contributed by atoms with Crippen LogP contribution in [0.25, 0.3) is 0 Å². The minimum absolute atomic E-state index is 0.288. The first-order valence-electron chi connectivity index (χ1n) is 4.53. The Balaban J connectivity index is 2.49. The van der Waals surface area contributed by atoms with Crippen LogP contribution in [0.2, 0.25) is 0 Å². The van der Waals surface area contributed by atoms with Crippen molar-refractivity contribution < 1.29 is 4.74 Å². The number of nitrogens with zero attached hydrogens (tertiary/aromatic N) is 2. The fourth-order valence-corrected chi connectivity index (χ4v) is 1.01. The molecule has 0 unspecified atom stereocenters. The van der Waals surface area contributed by atoms with E-state index < -0.39 is 0 Å². The second-order valence-electron chi connectivity index (χ2n) is 3.21. The van der Waals surface area contributed by atoms with Crippen LogP contribution in [0.15, 0.2) is 6.07 Å². The molecule has 74 valence electrons. The van der Waals surface area contributed by atoms with Gasteiger partial charge in [0.05, 0.1) is 18.4 Å². The first-order chi connectivity index (χ1) is 6.13. The van der Waals surface area contributed by atoms with Gasteiger partial charge in [0.1, 0.15) is 5.82 Å². The Kier molecular flexibility index (Phi) is 3.31. The van der Waals surface area contributed by atoms with Gasteiger partial charge in [0.25, 0.3) is 0 Å². The van der Waals surface area contributed by atoms with Crippen LogP contribution in [0.5, 0.6) is 0 Å². The predicted octanol–water partition coefficient (Wildman–Crippen LogP) is 1.32. The van der Waals surface area contributed by atoms with E-state index in [1.54, 1.807) is 4.68 Å². The predicted molar refractivity (Wildman–Crippen MR) is 52.2 cm³/mol. The Morgan fingerprint density at radius 2 is 2.38 bits per heavy atom. The quantitative estimate of drug-likeness (QED) is 0.765. The van der Waals surface area contributed by atoms with Gasteiger partial charge in [-0.15, -0.1) is 0 Å². The molecule has 0 aliphatic carbocycles. The summed E-state index contributed by atoms with van der Waals surface area (Å²) in [6, 6.07) is 1.84. The van der Waals surface area contributed by atoms with Gasteiger partial charge in [-0.2, -0.15) is 5.10 Å². The second kappa shape index (κ2) is 4.28. The Bertz CT molecular complexity index is 270. The highest BCUT2D eigenvalue weighted by Crippen LogP contribution is 2.07. The summed E-state index contributed by atoms with van der Waals surface area (Å²) < 4.78 is 7.30. The molecule has 1 aromatic rings. The maximum atomic E-state index is 5.55. The number of nitrogens with two attached hydrogens (primary N) is 1. The van der Waals surface area contributed by atoms with Gasteiger partial charge in [0, 0.05) is 13.1 Å². The molecular weight excluding hydrogens is 166 g/mol. The van der Waals surface area contributed by atoms with Crippen LogP contribution in [-0.4, -0.2) is 15.9 Å². The van der Waals surface area contributed by atoms with E-state index in [0.29, 0.717) is 12.4 Å². The average molecular weight is 183 g/mol. The number of aryl methyl sites for hydroxylation is 1. The van der Waals surface area contributed by atoms with Gasteiger partial charge in [0.2, 0.25) is 0 Å². The molecule has 0 spiro atoms. The third kappa shape index (κ3) is 2.73. The largest absolute Gasteiger partial charge is 0.382 e. The van der Waals surface area contributed by atoms with Gasteiger partial charge in [-0.1, -0.05) is 6.92 Å². The lowest BCUT2D eigenvalue weighted by atomic mass is 10.3. The monoisotopic (exact) mass is 183 g/mol. The smallest absolute Gasteiger partial charge is 0.145 e. The van der Waals surface area contributed by atoms with Crippen LogP contribution < -0.4 is 5.73 Å². The summed E-state index contributed by atoms with van der Waals surface area (Å²) in [6.07, 6.45) is 1.31. The number of anilines is 1. The van der Waals surface area contributed by atoms with Crippen LogP contribution in [0, 0.1) is 0 Å². The number of hydrogen-bond donors (Lipinski definition) is 1. The maximum Gasteiger partial charge on any atom is 0.145 e. The van der Waals surface area contributed by atoms with E-state index in [1.807, 2.05) is 13.1 Å². The fourth-order valence-electron chi connectivity index (χ4n) is 1.01. The van der Waals surface area contributed by atoms with Crippen molar-refractivity contribution in [3.63, 3.8) is 0 Å². The molecule has 0 bridgehead atoms. The lowest BCUT2D eigenvalue weighted by Crippen LogP contribution is -2.08. The van der Waals surface area contributed by atoms with Crippen LogP contribution >= 0.6 is 0 Å². The summed E-state index contributed by atoms with van der Waals surface area (Å²) >= 11 is 0. The van der Waals surface area contributed by atoms with Gasteiger partial charge in [-0.25, -0.2) is 0 Å². The highest BCUT2D eigenvalue weighted by molar-refractivity contribution is 5.28. The second-order valence-corrected chi connectivity index (χ2v) is 3.21. The van der Waals surface area contributed by atoms with Crippen molar-refractivity contribution in [1.29, 1.82) is 0 Å². The molecule has 0 saturated heterocycles. The molecule has 4 heteroatoms. The van der Waals surface area contributed by atoms with E-state index in [9.17, 15) is 0 Å². The normalized spacial score (nSPS) is 13.2. The van der Waals surface area contributed by atoms with Gasteiger partial charge < -0.3 is 10.5 Å². The molecule has 0 saturated carbocycles. The van der Waals surface area contributed by atoms with E-state index in [1.165, 1.54) is 0 Å². The summed E-state index contributed by atoms with van der Waals surface area (Å²) in [7, 11) is 1.87. The molecule has 0 fully saturated rings. The van der Waals surface area contributed by atoms with Gasteiger partial charge >= 0.3 is 0 Å².